The van der Waals surface area contributed by atoms with Crippen LogP contribution in [0.2, 0.25) is 5.02 Å². The molecule has 0 aromatic heterocycles. The zero-order valence-corrected chi connectivity index (χ0v) is 12.9. The van der Waals surface area contributed by atoms with E-state index in [4.69, 9.17) is 16.3 Å². The summed E-state index contributed by atoms with van der Waals surface area (Å²) in [5.74, 6) is 0. The first-order valence-corrected chi connectivity index (χ1v) is 6.72. The Morgan fingerprint density at radius 2 is 2.05 bits per heavy atom. The molecule has 1 aromatic carbocycles. The summed E-state index contributed by atoms with van der Waals surface area (Å²) in [7, 11) is 0. The Bertz CT molecular complexity index is 529. The number of benzene rings is 1. The third-order valence-electron chi connectivity index (χ3n) is 2.28. The van der Waals surface area contributed by atoms with Crippen molar-refractivity contribution in [3.63, 3.8) is 0 Å². The summed E-state index contributed by atoms with van der Waals surface area (Å²) in [4.78, 5) is 21.8. The van der Waals surface area contributed by atoms with Crippen molar-refractivity contribution >= 4 is 29.1 Å². The first-order chi connectivity index (χ1) is 9.70. The number of para-hydroxylation sites is 1. The molecule has 0 unspecified atom stereocenters. The first kappa shape index (κ1) is 17.0. The van der Waals surface area contributed by atoms with E-state index in [0.717, 1.165) is 0 Å². The fraction of sp³-hybridized carbons (Fsp3) is 0.462. The van der Waals surface area contributed by atoms with Gasteiger partial charge in [0.25, 0.3) is 5.69 Å². The van der Waals surface area contributed by atoms with Gasteiger partial charge in [-0.25, -0.2) is 4.79 Å². The number of nitrogens with zero attached hydrogens (tertiary/aromatic N) is 1. The number of alkyl carbamates (subject to hydrolysis) is 1. The monoisotopic (exact) mass is 315 g/mol. The molecule has 0 heterocycles. The Morgan fingerprint density at radius 3 is 2.62 bits per heavy atom. The number of carbonyl (C=O) groups is 1. The van der Waals surface area contributed by atoms with Gasteiger partial charge in [0.05, 0.1) is 9.95 Å². The molecule has 1 amide bonds. The second-order valence-corrected chi connectivity index (χ2v) is 5.65. The van der Waals surface area contributed by atoms with Gasteiger partial charge in [0, 0.05) is 19.2 Å². The molecular weight excluding hydrogens is 298 g/mol. The van der Waals surface area contributed by atoms with Crippen LogP contribution in [-0.4, -0.2) is 29.7 Å². The molecule has 21 heavy (non-hydrogen) atoms. The fourth-order valence-electron chi connectivity index (χ4n) is 1.51. The van der Waals surface area contributed by atoms with Crippen LogP contribution in [0.4, 0.5) is 16.2 Å². The second kappa shape index (κ2) is 7.12. The van der Waals surface area contributed by atoms with E-state index in [-0.39, 0.29) is 29.5 Å². The number of rotatable bonds is 5. The number of carbonyl (C=O) groups excluding carboxylic acids is 1. The predicted molar refractivity (Wildman–Crippen MR) is 80.8 cm³/mol. The van der Waals surface area contributed by atoms with Crippen molar-refractivity contribution in [2.75, 3.05) is 18.4 Å². The summed E-state index contributed by atoms with van der Waals surface area (Å²) in [6.07, 6.45) is -0.544. The molecule has 7 nitrogen and oxygen atoms in total. The number of nitro benzene ring substituents is 1. The summed E-state index contributed by atoms with van der Waals surface area (Å²) >= 11 is 5.92. The van der Waals surface area contributed by atoms with E-state index in [9.17, 15) is 14.9 Å². The Morgan fingerprint density at radius 1 is 1.38 bits per heavy atom. The van der Waals surface area contributed by atoms with Gasteiger partial charge in [-0.05, 0) is 26.8 Å². The highest BCUT2D eigenvalue weighted by Gasteiger charge is 2.17. The molecule has 0 bridgehead atoms. The van der Waals surface area contributed by atoms with Gasteiger partial charge < -0.3 is 15.4 Å². The van der Waals surface area contributed by atoms with Crippen LogP contribution in [0.15, 0.2) is 18.2 Å². The van der Waals surface area contributed by atoms with E-state index < -0.39 is 16.6 Å². The van der Waals surface area contributed by atoms with Crippen molar-refractivity contribution in [1.29, 1.82) is 0 Å². The van der Waals surface area contributed by atoms with Crippen LogP contribution in [0.25, 0.3) is 0 Å². The van der Waals surface area contributed by atoms with Crippen LogP contribution in [0, 0.1) is 10.1 Å². The van der Waals surface area contributed by atoms with E-state index in [1.54, 1.807) is 26.8 Å². The van der Waals surface area contributed by atoms with Crippen LogP contribution in [-0.2, 0) is 4.74 Å². The minimum atomic E-state index is -0.570. The molecule has 116 valence electrons. The number of halogens is 1. The predicted octanol–water partition coefficient (Wildman–Crippen LogP) is 3.18. The largest absolute Gasteiger partial charge is 0.444 e. The minimum Gasteiger partial charge on any atom is -0.444 e. The Kier molecular flexibility index (Phi) is 5.78. The lowest BCUT2D eigenvalue weighted by Gasteiger charge is -2.19. The highest BCUT2D eigenvalue weighted by Crippen LogP contribution is 2.31. The van der Waals surface area contributed by atoms with Crippen molar-refractivity contribution in [2.24, 2.45) is 0 Å². The Hall–Kier alpha value is -2.02. The van der Waals surface area contributed by atoms with Crippen molar-refractivity contribution in [2.45, 2.75) is 26.4 Å². The maximum absolute atomic E-state index is 11.4. The molecule has 0 aliphatic rings. The summed E-state index contributed by atoms with van der Waals surface area (Å²) < 4.78 is 5.06. The van der Waals surface area contributed by atoms with Crippen LogP contribution in [0.5, 0.6) is 0 Å². The SMILES string of the molecule is CC(C)(C)OC(=O)NCCNc1c(Cl)cccc1[N+](=O)[O-]. The molecule has 8 heteroatoms. The summed E-state index contributed by atoms with van der Waals surface area (Å²) in [6.45, 7) is 5.81. The van der Waals surface area contributed by atoms with Gasteiger partial charge in [-0.2, -0.15) is 0 Å². The lowest BCUT2D eigenvalue weighted by molar-refractivity contribution is -0.383. The highest BCUT2D eigenvalue weighted by molar-refractivity contribution is 6.33. The Labute approximate surface area is 127 Å². The topological polar surface area (TPSA) is 93.5 Å². The quantitative estimate of drug-likeness (QED) is 0.494. The fourth-order valence-corrected chi connectivity index (χ4v) is 1.74. The maximum atomic E-state index is 11.4. The number of ether oxygens (including phenoxy) is 1. The van der Waals surface area contributed by atoms with Gasteiger partial charge in [0.15, 0.2) is 0 Å². The lowest BCUT2D eigenvalue weighted by Crippen LogP contribution is -2.35. The first-order valence-electron chi connectivity index (χ1n) is 6.34. The molecule has 1 aromatic rings. The number of anilines is 1. The summed E-state index contributed by atoms with van der Waals surface area (Å²) in [6, 6.07) is 4.41. The molecule has 1 rings (SSSR count). The number of hydrogen-bond donors (Lipinski definition) is 2. The minimum absolute atomic E-state index is 0.111. The maximum Gasteiger partial charge on any atom is 0.407 e. The standard InChI is InChI=1S/C13H18ClN3O4/c1-13(2,3)21-12(18)16-8-7-15-11-9(14)5-4-6-10(11)17(19)20/h4-6,15H,7-8H2,1-3H3,(H,16,18). The lowest BCUT2D eigenvalue weighted by atomic mass is 10.2. The summed E-state index contributed by atoms with van der Waals surface area (Å²) in [5, 5.41) is 16.5. The van der Waals surface area contributed by atoms with E-state index in [2.05, 4.69) is 10.6 Å². The number of amides is 1. The van der Waals surface area contributed by atoms with E-state index in [1.165, 1.54) is 12.1 Å². The number of nitro groups is 1. The Balaban J connectivity index is 2.50. The highest BCUT2D eigenvalue weighted by atomic mass is 35.5. The van der Waals surface area contributed by atoms with Gasteiger partial charge in [-0.3, -0.25) is 10.1 Å². The molecule has 0 fully saturated rings. The van der Waals surface area contributed by atoms with Crippen LogP contribution in [0.1, 0.15) is 20.8 Å². The molecule has 0 saturated carbocycles. The molecule has 2 N–H and O–H groups in total. The zero-order chi connectivity index (χ0) is 16.0. The molecule has 0 atom stereocenters. The van der Waals surface area contributed by atoms with E-state index in [0.29, 0.717) is 0 Å². The van der Waals surface area contributed by atoms with Crippen LogP contribution < -0.4 is 10.6 Å². The van der Waals surface area contributed by atoms with Gasteiger partial charge in [-0.1, -0.05) is 17.7 Å². The smallest absolute Gasteiger partial charge is 0.407 e. The van der Waals surface area contributed by atoms with E-state index >= 15 is 0 Å². The van der Waals surface area contributed by atoms with Gasteiger partial charge in [0.2, 0.25) is 0 Å². The average Bonchev–Trinajstić information content (AvgIpc) is 2.33. The molecule has 0 aliphatic carbocycles. The second-order valence-electron chi connectivity index (χ2n) is 5.25. The van der Waals surface area contributed by atoms with Crippen molar-refractivity contribution < 1.29 is 14.5 Å². The van der Waals surface area contributed by atoms with Crippen LogP contribution >= 0.6 is 11.6 Å². The molecule has 0 spiro atoms. The third kappa shape index (κ3) is 5.86. The van der Waals surface area contributed by atoms with Crippen LogP contribution in [0.3, 0.4) is 0 Å². The van der Waals surface area contributed by atoms with Crippen molar-refractivity contribution in [1.82, 2.24) is 5.32 Å². The van der Waals surface area contributed by atoms with E-state index in [1.807, 2.05) is 0 Å². The zero-order valence-electron chi connectivity index (χ0n) is 12.1. The number of hydrogen-bond acceptors (Lipinski definition) is 5. The molecule has 0 radical (unpaired) electrons. The normalized spacial score (nSPS) is 10.9. The number of nitrogens with one attached hydrogen (secondary N) is 2. The molecule has 0 aliphatic heterocycles. The van der Waals surface area contributed by atoms with Crippen molar-refractivity contribution in [3.8, 4) is 0 Å². The van der Waals surface area contributed by atoms with Gasteiger partial charge in [-0.15, -0.1) is 0 Å². The molecule has 0 saturated heterocycles. The van der Waals surface area contributed by atoms with Gasteiger partial charge >= 0.3 is 6.09 Å². The molecular formula is C13H18ClN3O4. The summed E-state index contributed by atoms with van der Waals surface area (Å²) in [5.41, 5.74) is -0.450. The average molecular weight is 316 g/mol. The van der Waals surface area contributed by atoms with Gasteiger partial charge in [0.1, 0.15) is 11.3 Å². The third-order valence-corrected chi connectivity index (χ3v) is 2.60. The van der Waals surface area contributed by atoms with Crippen molar-refractivity contribution in [3.05, 3.63) is 33.3 Å².